The lowest BCUT2D eigenvalue weighted by atomic mass is 10.2. The molecule has 2 aromatic rings. The molecule has 0 saturated heterocycles. The predicted molar refractivity (Wildman–Crippen MR) is 85.0 cm³/mol. The van der Waals surface area contributed by atoms with Gasteiger partial charge >= 0.3 is 5.97 Å². The molecule has 0 aliphatic heterocycles. The van der Waals surface area contributed by atoms with Crippen LogP contribution in [0, 0.1) is 0 Å². The minimum atomic E-state index is -1.00. The van der Waals surface area contributed by atoms with Gasteiger partial charge in [-0.05, 0) is 47.5 Å². The smallest absolute Gasteiger partial charge is 0.328 e. The fourth-order valence-electron chi connectivity index (χ4n) is 1.68. The molecule has 1 aromatic carbocycles. The van der Waals surface area contributed by atoms with Gasteiger partial charge in [-0.3, -0.25) is 9.78 Å². The molecule has 2 N–H and O–H groups in total. The zero-order valence-electron chi connectivity index (χ0n) is 11.6. The second-order valence-corrected chi connectivity index (χ2v) is 4.40. The minimum absolute atomic E-state index is 0.245. The number of amides is 1. The Hall–Kier alpha value is -3.21. The molecule has 1 amide bonds. The van der Waals surface area contributed by atoms with Crippen molar-refractivity contribution in [2.75, 3.05) is 5.32 Å². The summed E-state index contributed by atoms with van der Waals surface area (Å²) in [5.41, 5.74) is 2.27. The zero-order valence-corrected chi connectivity index (χ0v) is 11.6. The van der Waals surface area contributed by atoms with E-state index >= 15 is 0 Å². The lowest BCUT2D eigenvalue weighted by Gasteiger charge is -2.02. The SMILES string of the molecule is O=C(O)/C=C/c1ccc(NC(=O)/C=C/c2ccncc2)cc1. The van der Waals surface area contributed by atoms with Gasteiger partial charge in [0.25, 0.3) is 0 Å². The summed E-state index contributed by atoms with van der Waals surface area (Å²) < 4.78 is 0. The van der Waals surface area contributed by atoms with Crippen LogP contribution in [0.1, 0.15) is 11.1 Å². The molecular weight excluding hydrogens is 280 g/mol. The Morgan fingerprint density at radius 1 is 0.909 bits per heavy atom. The summed E-state index contributed by atoms with van der Waals surface area (Å²) in [6.45, 7) is 0. The molecule has 0 aliphatic carbocycles. The van der Waals surface area contributed by atoms with Crippen LogP contribution in [0.4, 0.5) is 5.69 Å². The van der Waals surface area contributed by atoms with Gasteiger partial charge in [0.15, 0.2) is 0 Å². The molecule has 0 spiro atoms. The number of hydrogen-bond donors (Lipinski definition) is 2. The lowest BCUT2D eigenvalue weighted by molar-refractivity contribution is -0.131. The first-order valence-electron chi connectivity index (χ1n) is 6.54. The molecule has 0 saturated carbocycles. The summed E-state index contributed by atoms with van der Waals surface area (Å²) >= 11 is 0. The lowest BCUT2D eigenvalue weighted by Crippen LogP contribution is -2.07. The average molecular weight is 294 g/mol. The third-order valence-corrected chi connectivity index (χ3v) is 2.73. The van der Waals surface area contributed by atoms with Gasteiger partial charge in [-0.15, -0.1) is 0 Å². The topological polar surface area (TPSA) is 79.3 Å². The summed E-state index contributed by atoms with van der Waals surface area (Å²) in [6, 6.07) is 10.5. The summed E-state index contributed by atoms with van der Waals surface area (Å²) in [6.07, 6.45) is 8.98. The molecule has 0 fully saturated rings. The van der Waals surface area contributed by atoms with Crippen LogP contribution in [-0.2, 0) is 9.59 Å². The Morgan fingerprint density at radius 3 is 2.14 bits per heavy atom. The van der Waals surface area contributed by atoms with Crippen molar-refractivity contribution in [3.8, 4) is 0 Å². The van der Waals surface area contributed by atoms with Crippen molar-refractivity contribution in [2.24, 2.45) is 0 Å². The molecule has 0 radical (unpaired) electrons. The van der Waals surface area contributed by atoms with Crippen LogP contribution in [-0.4, -0.2) is 22.0 Å². The maximum absolute atomic E-state index is 11.8. The van der Waals surface area contributed by atoms with Crippen molar-refractivity contribution in [1.82, 2.24) is 4.98 Å². The van der Waals surface area contributed by atoms with Gasteiger partial charge in [-0.25, -0.2) is 4.79 Å². The van der Waals surface area contributed by atoms with E-state index in [0.29, 0.717) is 5.69 Å². The zero-order chi connectivity index (χ0) is 15.8. The molecule has 5 nitrogen and oxygen atoms in total. The number of carboxylic acid groups (broad SMARTS) is 1. The van der Waals surface area contributed by atoms with Crippen LogP contribution in [0.25, 0.3) is 12.2 Å². The number of benzene rings is 1. The third kappa shape index (κ3) is 5.05. The van der Waals surface area contributed by atoms with E-state index in [2.05, 4.69) is 10.3 Å². The van der Waals surface area contributed by atoms with Gasteiger partial charge in [-0.1, -0.05) is 12.1 Å². The van der Waals surface area contributed by atoms with Crippen molar-refractivity contribution < 1.29 is 14.7 Å². The van der Waals surface area contributed by atoms with E-state index in [9.17, 15) is 9.59 Å². The Kier molecular flexibility index (Phi) is 5.20. The highest BCUT2D eigenvalue weighted by atomic mass is 16.4. The maximum Gasteiger partial charge on any atom is 0.328 e. The summed E-state index contributed by atoms with van der Waals surface area (Å²) in [7, 11) is 0. The first-order chi connectivity index (χ1) is 10.6. The first kappa shape index (κ1) is 15.2. The Balaban J connectivity index is 1.94. The fourth-order valence-corrected chi connectivity index (χ4v) is 1.68. The largest absolute Gasteiger partial charge is 0.478 e. The van der Waals surface area contributed by atoms with E-state index in [4.69, 9.17) is 5.11 Å². The highest BCUT2D eigenvalue weighted by Crippen LogP contribution is 2.11. The minimum Gasteiger partial charge on any atom is -0.478 e. The van der Waals surface area contributed by atoms with Crippen molar-refractivity contribution in [3.05, 3.63) is 72.1 Å². The van der Waals surface area contributed by atoms with Crippen LogP contribution in [0.2, 0.25) is 0 Å². The van der Waals surface area contributed by atoms with Gasteiger partial charge in [0.2, 0.25) is 5.91 Å². The van der Waals surface area contributed by atoms with E-state index < -0.39 is 5.97 Å². The maximum atomic E-state index is 11.8. The van der Waals surface area contributed by atoms with Gasteiger partial charge in [0.05, 0.1) is 0 Å². The number of pyridine rings is 1. The fraction of sp³-hybridized carbons (Fsp3) is 0. The van der Waals surface area contributed by atoms with Gasteiger partial charge in [0, 0.05) is 30.2 Å². The normalized spacial score (nSPS) is 10.9. The molecule has 0 atom stereocenters. The van der Waals surface area contributed by atoms with E-state index in [-0.39, 0.29) is 5.91 Å². The third-order valence-electron chi connectivity index (χ3n) is 2.73. The standard InChI is InChI=1S/C17H14N2O3/c20-16(7-3-14-9-11-18-12-10-14)19-15-5-1-13(2-6-15)4-8-17(21)22/h1-12H,(H,19,20)(H,21,22)/b7-3+,8-4+. The Morgan fingerprint density at radius 2 is 1.50 bits per heavy atom. The van der Waals surface area contributed by atoms with Crippen molar-refractivity contribution in [1.29, 1.82) is 0 Å². The highest BCUT2D eigenvalue weighted by Gasteiger charge is 1.98. The van der Waals surface area contributed by atoms with Crippen LogP contribution >= 0.6 is 0 Å². The van der Waals surface area contributed by atoms with E-state index in [1.54, 1.807) is 54.9 Å². The molecule has 110 valence electrons. The predicted octanol–water partition coefficient (Wildman–Crippen LogP) is 2.83. The molecule has 1 heterocycles. The summed E-state index contributed by atoms with van der Waals surface area (Å²) in [5, 5.41) is 11.3. The molecule has 0 unspecified atom stereocenters. The molecule has 0 bridgehead atoms. The van der Waals surface area contributed by atoms with Crippen molar-refractivity contribution in [2.45, 2.75) is 0 Å². The number of aromatic nitrogens is 1. The number of nitrogens with one attached hydrogen (secondary N) is 1. The number of carbonyl (C=O) groups excluding carboxylic acids is 1. The molecule has 5 heteroatoms. The van der Waals surface area contributed by atoms with Crippen LogP contribution < -0.4 is 5.32 Å². The monoisotopic (exact) mass is 294 g/mol. The Bertz CT molecular complexity index is 704. The first-order valence-corrected chi connectivity index (χ1v) is 6.54. The van der Waals surface area contributed by atoms with Crippen LogP contribution in [0.5, 0.6) is 0 Å². The second kappa shape index (κ2) is 7.54. The van der Waals surface area contributed by atoms with E-state index in [1.807, 2.05) is 0 Å². The average Bonchev–Trinajstić information content (AvgIpc) is 2.53. The molecular formula is C17H14N2O3. The number of rotatable bonds is 5. The van der Waals surface area contributed by atoms with Gasteiger partial charge < -0.3 is 10.4 Å². The van der Waals surface area contributed by atoms with Gasteiger partial charge in [0.1, 0.15) is 0 Å². The molecule has 1 aromatic heterocycles. The number of hydrogen-bond acceptors (Lipinski definition) is 3. The summed E-state index contributed by atoms with van der Waals surface area (Å²) in [5.74, 6) is -1.25. The van der Waals surface area contributed by atoms with Crippen LogP contribution in [0.3, 0.4) is 0 Å². The molecule has 22 heavy (non-hydrogen) atoms. The number of carbonyl (C=O) groups is 2. The number of anilines is 1. The second-order valence-electron chi connectivity index (χ2n) is 4.40. The summed E-state index contributed by atoms with van der Waals surface area (Å²) in [4.78, 5) is 26.1. The Labute approximate surface area is 127 Å². The number of aliphatic carboxylic acids is 1. The van der Waals surface area contributed by atoms with Gasteiger partial charge in [-0.2, -0.15) is 0 Å². The molecule has 2 rings (SSSR count). The highest BCUT2D eigenvalue weighted by molar-refractivity contribution is 6.01. The van der Waals surface area contributed by atoms with Crippen LogP contribution in [0.15, 0.2) is 60.9 Å². The quantitative estimate of drug-likeness (QED) is 0.831. The number of nitrogens with zero attached hydrogens (tertiary/aromatic N) is 1. The van der Waals surface area contributed by atoms with E-state index in [1.165, 1.54) is 12.2 Å². The van der Waals surface area contributed by atoms with Crippen molar-refractivity contribution >= 4 is 29.7 Å². The van der Waals surface area contributed by atoms with E-state index in [0.717, 1.165) is 17.2 Å². The number of carboxylic acids is 1. The molecule has 0 aliphatic rings. The van der Waals surface area contributed by atoms with Crippen molar-refractivity contribution in [3.63, 3.8) is 0 Å².